The molecule has 0 radical (unpaired) electrons. The molecule has 2 unspecified atom stereocenters. The molecular formula is C59H107NO8. The van der Waals surface area contributed by atoms with Crippen molar-refractivity contribution < 1.29 is 42.9 Å². The van der Waals surface area contributed by atoms with Crippen LogP contribution in [-0.2, 0) is 33.3 Å². The first-order valence-corrected chi connectivity index (χ1v) is 28.3. The standard InChI is InChI=1S/C59H107NO8/c1-6-8-10-12-14-16-18-20-22-23-24-25-26-27-28-29-30-31-32-33-34-36-37-39-41-43-45-47-49-56(61)66-53-55(54-67-59(58(63)64)65-52-51-60(3,4)5)68-57(62)50-48-46-44-42-40-38-35-21-19-17-15-13-11-9-7-2/h9,11,15,17,21,35,40,42,55,59H,6-8,10,12-14,16,18-20,22-34,36-39,41,43-54H2,1-5H3/b11-9-,17-15-,35-21-,42-40-. The number of carboxylic acids is 1. The quantitative estimate of drug-likeness (QED) is 0.0195. The third-order valence-corrected chi connectivity index (χ3v) is 12.3. The van der Waals surface area contributed by atoms with Gasteiger partial charge in [-0.3, -0.25) is 9.59 Å². The molecular weight excluding hydrogens is 851 g/mol. The average Bonchev–Trinajstić information content (AvgIpc) is 3.30. The molecule has 0 bridgehead atoms. The van der Waals surface area contributed by atoms with Crippen LogP contribution in [0, 0.1) is 0 Å². The summed E-state index contributed by atoms with van der Waals surface area (Å²) in [5, 5.41) is 11.7. The minimum absolute atomic E-state index is 0.139. The summed E-state index contributed by atoms with van der Waals surface area (Å²) >= 11 is 0. The highest BCUT2D eigenvalue weighted by molar-refractivity contribution is 5.70. The first-order valence-electron chi connectivity index (χ1n) is 28.3. The summed E-state index contributed by atoms with van der Waals surface area (Å²) < 4.78 is 22.6. The molecule has 0 amide bonds. The van der Waals surface area contributed by atoms with Gasteiger partial charge >= 0.3 is 11.9 Å². The van der Waals surface area contributed by atoms with E-state index in [2.05, 4.69) is 62.5 Å². The second kappa shape index (κ2) is 50.6. The van der Waals surface area contributed by atoms with Gasteiger partial charge in [-0.2, -0.15) is 0 Å². The summed E-state index contributed by atoms with van der Waals surface area (Å²) in [4.78, 5) is 37.2. The van der Waals surface area contributed by atoms with Crippen molar-refractivity contribution in [1.82, 2.24) is 0 Å². The first-order chi connectivity index (χ1) is 33.1. The van der Waals surface area contributed by atoms with E-state index in [9.17, 15) is 19.5 Å². The molecule has 0 saturated heterocycles. The number of quaternary nitrogens is 1. The molecule has 0 aromatic heterocycles. The van der Waals surface area contributed by atoms with Crippen LogP contribution in [0.25, 0.3) is 0 Å². The Balaban J connectivity index is 4.16. The van der Waals surface area contributed by atoms with Crippen molar-refractivity contribution >= 4 is 17.9 Å². The number of carbonyl (C=O) groups is 3. The summed E-state index contributed by atoms with van der Waals surface area (Å²) in [7, 11) is 5.90. The normalized spacial score (nSPS) is 13.1. The van der Waals surface area contributed by atoms with E-state index in [0.29, 0.717) is 17.4 Å². The van der Waals surface area contributed by atoms with Gasteiger partial charge in [-0.25, -0.2) is 0 Å². The predicted octanol–water partition coefficient (Wildman–Crippen LogP) is 15.0. The lowest BCUT2D eigenvalue weighted by Crippen LogP contribution is -2.44. The van der Waals surface area contributed by atoms with Crippen molar-refractivity contribution in [2.45, 2.75) is 264 Å². The van der Waals surface area contributed by atoms with Crippen molar-refractivity contribution in [3.63, 3.8) is 0 Å². The van der Waals surface area contributed by atoms with Crippen molar-refractivity contribution in [3.8, 4) is 0 Å². The highest BCUT2D eigenvalue weighted by Crippen LogP contribution is 2.17. The molecule has 0 N–H and O–H groups in total. The van der Waals surface area contributed by atoms with Crippen LogP contribution in [0.1, 0.15) is 251 Å². The number of aliphatic carboxylic acids is 1. The Labute approximate surface area is 419 Å². The number of allylic oxidation sites excluding steroid dienone is 8. The number of hydrogen-bond acceptors (Lipinski definition) is 8. The van der Waals surface area contributed by atoms with Crippen LogP contribution in [0.4, 0.5) is 0 Å². The molecule has 396 valence electrons. The lowest BCUT2D eigenvalue weighted by molar-refractivity contribution is -0.870. The van der Waals surface area contributed by atoms with E-state index in [1.807, 2.05) is 21.1 Å². The Morgan fingerprint density at radius 2 is 0.838 bits per heavy atom. The monoisotopic (exact) mass is 958 g/mol. The maximum absolute atomic E-state index is 12.8. The van der Waals surface area contributed by atoms with E-state index in [1.54, 1.807) is 0 Å². The SMILES string of the molecule is CC/C=C\C/C=C\C/C=C\C/C=C\CCCCC(=O)OC(COC(=O)CCCCCCCCCCCCCCCCCCCCCCCCCCCCCC)COC(OCC[N+](C)(C)C)C(=O)[O-]. The number of carbonyl (C=O) groups excluding carboxylic acids is 3. The summed E-state index contributed by atoms with van der Waals surface area (Å²) in [5.74, 6) is -2.33. The van der Waals surface area contributed by atoms with Crippen LogP contribution in [0.3, 0.4) is 0 Å². The fourth-order valence-electron chi connectivity index (χ4n) is 8.00. The molecule has 0 aliphatic rings. The third kappa shape index (κ3) is 51.1. The Bertz CT molecular complexity index is 1250. The summed E-state index contributed by atoms with van der Waals surface area (Å²) in [6.07, 6.45) is 59.0. The molecule has 0 spiro atoms. The van der Waals surface area contributed by atoms with E-state index >= 15 is 0 Å². The maximum Gasteiger partial charge on any atom is 0.306 e. The molecule has 0 fully saturated rings. The maximum atomic E-state index is 12.8. The highest BCUT2D eigenvalue weighted by Gasteiger charge is 2.22. The molecule has 0 rings (SSSR count). The van der Waals surface area contributed by atoms with Gasteiger partial charge in [-0.15, -0.1) is 0 Å². The van der Waals surface area contributed by atoms with Crippen LogP contribution in [0.15, 0.2) is 48.6 Å². The molecule has 9 nitrogen and oxygen atoms in total. The van der Waals surface area contributed by atoms with Crippen LogP contribution < -0.4 is 5.11 Å². The van der Waals surface area contributed by atoms with Gasteiger partial charge in [0.15, 0.2) is 12.4 Å². The average molecular weight is 959 g/mol. The smallest absolute Gasteiger partial charge is 0.306 e. The van der Waals surface area contributed by atoms with Crippen LogP contribution in [0.2, 0.25) is 0 Å². The molecule has 9 heteroatoms. The highest BCUT2D eigenvalue weighted by atomic mass is 16.7. The van der Waals surface area contributed by atoms with Gasteiger partial charge in [0.05, 0.1) is 40.3 Å². The van der Waals surface area contributed by atoms with Gasteiger partial charge in [0.25, 0.3) is 0 Å². The Morgan fingerprint density at radius 3 is 1.25 bits per heavy atom. The lowest BCUT2D eigenvalue weighted by atomic mass is 10.0. The zero-order valence-corrected chi connectivity index (χ0v) is 45.0. The zero-order chi connectivity index (χ0) is 49.9. The number of nitrogens with zero attached hydrogens (tertiary/aromatic N) is 1. The Hall–Kier alpha value is -2.75. The topological polar surface area (TPSA) is 111 Å². The molecule has 0 aliphatic carbocycles. The Morgan fingerprint density at radius 1 is 0.456 bits per heavy atom. The van der Waals surface area contributed by atoms with Crippen molar-refractivity contribution in [2.24, 2.45) is 0 Å². The number of ether oxygens (including phenoxy) is 4. The minimum atomic E-state index is -1.63. The van der Waals surface area contributed by atoms with E-state index in [-0.39, 0.29) is 38.6 Å². The van der Waals surface area contributed by atoms with Crippen molar-refractivity contribution in [2.75, 3.05) is 47.5 Å². The minimum Gasteiger partial charge on any atom is -0.545 e. The van der Waals surface area contributed by atoms with Gasteiger partial charge < -0.3 is 33.3 Å². The second-order valence-electron chi connectivity index (χ2n) is 20.2. The number of likely N-dealkylation sites (N-methyl/N-ethyl adjacent to an activating group) is 1. The lowest BCUT2D eigenvalue weighted by Gasteiger charge is -2.26. The van der Waals surface area contributed by atoms with Crippen LogP contribution in [-0.4, -0.2) is 82.3 Å². The van der Waals surface area contributed by atoms with Gasteiger partial charge in [0.2, 0.25) is 0 Å². The number of rotatable bonds is 52. The molecule has 0 aromatic rings. The fourth-order valence-corrected chi connectivity index (χ4v) is 8.00. The third-order valence-electron chi connectivity index (χ3n) is 12.3. The van der Waals surface area contributed by atoms with Gasteiger partial charge in [0, 0.05) is 12.8 Å². The Kier molecular flexibility index (Phi) is 48.6. The van der Waals surface area contributed by atoms with Crippen molar-refractivity contribution in [3.05, 3.63) is 48.6 Å². The number of hydrogen-bond donors (Lipinski definition) is 0. The van der Waals surface area contributed by atoms with E-state index in [0.717, 1.165) is 57.8 Å². The summed E-state index contributed by atoms with van der Waals surface area (Å²) in [6, 6.07) is 0. The zero-order valence-electron chi connectivity index (χ0n) is 45.0. The predicted molar refractivity (Wildman–Crippen MR) is 283 cm³/mol. The van der Waals surface area contributed by atoms with Gasteiger partial charge in [-0.05, 0) is 51.4 Å². The molecule has 0 heterocycles. The summed E-state index contributed by atoms with van der Waals surface area (Å²) in [5.41, 5.74) is 0. The van der Waals surface area contributed by atoms with Crippen LogP contribution in [0.5, 0.6) is 0 Å². The molecule has 0 aromatic carbocycles. The molecule has 0 saturated carbocycles. The van der Waals surface area contributed by atoms with Crippen LogP contribution >= 0.6 is 0 Å². The van der Waals surface area contributed by atoms with E-state index in [4.69, 9.17) is 18.9 Å². The first kappa shape index (κ1) is 65.2. The molecule has 68 heavy (non-hydrogen) atoms. The largest absolute Gasteiger partial charge is 0.545 e. The fraction of sp³-hybridized carbons (Fsp3) is 0.814. The summed E-state index contributed by atoms with van der Waals surface area (Å²) in [6.45, 7) is 4.61. The van der Waals surface area contributed by atoms with Crippen molar-refractivity contribution in [1.29, 1.82) is 0 Å². The van der Waals surface area contributed by atoms with E-state index < -0.39 is 24.3 Å². The van der Waals surface area contributed by atoms with E-state index in [1.165, 1.54) is 161 Å². The number of carboxylic acid groups (broad SMARTS) is 1. The number of esters is 2. The van der Waals surface area contributed by atoms with Gasteiger partial charge in [-0.1, -0.05) is 236 Å². The number of unbranched alkanes of at least 4 members (excludes halogenated alkanes) is 29. The van der Waals surface area contributed by atoms with Gasteiger partial charge in [0.1, 0.15) is 13.2 Å². The molecule has 2 atom stereocenters. The second-order valence-corrected chi connectivity index (χ2v) is 20.2. The molecule has 0 aliphatic heterocycles.